The Morgan fingerprint density at radius 1 is 1.06 bits per heavy atom. The minimum atomic E-state index is -0.0898. The molecule has 0 bridgehead atoms. The third kappa shape index (κ3) is 4.66. The number of piperidine rings is 1. The van der Waals surface area contributed by atoms with Crippen LogP contribution in [0.15, 0.2) is 59.4 Å². The average Bonchev–Trinajstić information content (AvgIpc) is 3.24. The molecule has 0 saturated carbocycles. The molecule has 1 fully saturated rings. The second-order valence-corrected chi connectivity index (χ2v) is 9.21. The molecule has 0 radical (unpaired) electrons. The topological polar surface area (TPSA) is 91.2 Å². The fourth-order valence-corrected chi connectivity index (χ4v) is 4.90. The van der Waals surface area contributed by atoms with Crippen molar-refractivity contribution >= 4 is 17.1 Å². The van der Waals surface area contributed by atoms with Crippen molar-refractivity contribution in [1.29, 1.82) is 0 Å². The Balaban J connectivity index is 1.60. The van der Waals surface area contributed by atoms with E-state index in [1.807, 2.05) is 47.0 Å². The van der Waals surface area contributed by atoms with Gasteiger partial charge in [-0.2, -0.15) is 4.98 Å². The van der Waals surface area contributed by atoms with Gasteiger partial charge in [0.2, 0.25) is 5.95 Å². The number of nitrogens with two attached hydrogens (primary N) is 1. The second-order valence-electron chi connectivity index (χ2n) is 9.21. The summed E-state index contributed by atoms with van der Waals surface area (Å²) in [6.07, 6.45) is 3.46. The first kappa shape index (κ1) is 23.1. The summed E-state index contributed by atoms with van der Waals surface area (Å²) in [5.41, 5.74) is 9.40. The van der Waals surface area contributed by atoms with Gasteiger partial charge in [0.05, 0.1) is 13.7 Å². The fourth-order valence-electron chi connectivity index (χ4n) is 4.90. The Hall–Kier alpha value is -3.65. The predicted octanol–water partition coefficient (Wildman–Crippen LogP) is 2.90. The molecule has 0 spiro atoms. The van der Waals surface area contributed by atoms with E-state index in [1.165, 1.54) is 5.56 Å². The van der Waals surface area contributed by atoms with Crippen LogP contribution in [0.25, 0.3) is 11.2 Å². The molecule has 1 atom stereocenters. The monoisotopic (exact) mass is 472 g/mol. The number of benzene rings is 2. The zero-order valence-electron chi connectivity index (χ0n) is 20.4. The van der Waals surface area contributed by atoms with Gasteiger partial charge in [-0.1, -0.05) is 48.5 Å². The number of nitrogens with zero attached hydrogens (tertiary/aromatic N) is 5. The molecule has 2 aromatic carbocycles. The van der Waals surface area contributed by atoms with E-state index in [4.69, 9.17) is 20.4 Å². The van der Waals surface area contributed by atoms with Gasteiger partial charge >= 0.3 is 0 Å². The van der Waals surface area contributed by atoms with Crippen LogP contribution in [0.4, 0.5) is 5.95 Å². The van der Waals surface area contributed by atoms with Crippen LogP contribution in [0.5, 0.6) is 5.75 Å². The highest BCUT2D eigenvalue weighted by Gasteiger charge is 2.26. The number of hydrogen-bond donors (Lipinski definition) is 1. The van der Waals surface area contributed by atoms with Gasteiger partial charge in [-0.25, -0.2) is 4.98 Å². The molecule has 5 rings (SSSR count). The van der Waals surface area contributed by atoms with E-state index in [0.717, 1.165) is 48.9 Å². The number of aryl methyl sites for hydroxylation is 2. The standard InChI is InChI=1S/C27H32N6O2/c1-31-23(15-14-19-9-4-3-5-10-19)29-25-24(26(31)34)33(17-20-11-6-7-13-22(20)35-2)27(30-25)32-16-8-12-21(28)18-32/h3-7,9-11,13,21H,8,12,14-18,28H2,1-2H3. The molecule has 3 heterocycles. The van der Waals surface area contributed by atoms with Gasteiger partial charge in [0.1, 0.15) is 11.6 Å². The third-order valence-corrected chi connectivity index (χ3v) is 6.80. The van der Waals surface area contributed by atoms with E-state index in [9.17, 15) is 4.79 Å². The summed E-state index contributed by atoms with van der Waals surface area (Å²) in [4.78, 5) is 25.6. The quantitative estimate of drug-likeness (QED) is 0.445. The van der Waals surface area contributed by atoms with Crippen molar-refractivity contribution in [2.24, 2.45) is 12.8 Å². The van der Waals surface area contributed by atoms with Crippen LogP contribution in [0.1, 0.15) is 29.8 Å². The average molecular weight is 473 g/mol. The number of para-hydroxylation sites is 1. The first-order valence-corrected chi connectivity index (χ1v) is 12.2. The number of ether oxygens (including phenoxy) is 1. The van der Waals surface area contributed by atoms with Gasteiger partial charge in [0.25, 0.3) is 5.56 Å². The Bertz CT molecular complexity index is 1380. The van der Waals surface area contributed by atoms with E-state index < -0.39 is 0 Å². The zero-order valence-corrected chi connectivity index (χ0v) is 20.4. The van der Waals surface area contributed by atoms with Gasteiger partial charge in [-0.3, -0.25) is 13.9 Å². The predicted molar refractivity (Wildman–Crippen MR) is 138 cm³/mol. The van der Waals surface area contributed by atoms with Crippen molar-refractivity contribution in [3.63, 3.8) is 0 Å². The lowest BCUT2D eigenvalue weighted by Gasteiger charge is -2.32. The molecule has 0 amide bonds. The summed E-state index contributed by atoms with van der Waals surface area (Å²) in [6, 6.07) is 18.2. The maximum atomic E-state index is 13.7. The van der Waals surface area contributed by atoms with E-state index in [1.54, 1.807) is 18.7 Å². The van der Waals surface area contributed by atoms with Crippen molar-refractivity contribution < 1.29 is 4.74 Å². The number of hydrogen-bond acceptors (Lipinski definition) is 6. The molecule has 0 aliphatic carbocycles. The number of imidazole rings is 1. The van der Waals surface area contributed by atoms with E-state index in [0.29, 0.717) is 30.7 Å². The van der Waals surface area contributed by atoms with Crippen molar-refractivity contribution in [2.75, 3.05) is 25.1 Å². The molecule has 1 unspecified atom stereocenters. The third-order valence-electron chi connectivity index (χ3n) is 6.80. The largest absolute Gasteiger partial charge is 0.496 e. The smallest absolute Gasteiger partial charge is 0.279 e. The lowest BCUT2D eigenvalue weighted by atomic mass is 10.1. The number of rotatable bonds is 7. The molecule has 1 aliphatic heterocycles. The minimum Gasteiger partial charge on any atom is -0.496 e. The van der Waals surface area contributed by atoms with Gasteiger partial charge in [-0.15, -0.1) is 0 Å². The highest BCUT2D eigenvalue weighted by atomic mass is 16.5. The molecule has 2 aromatic heterocycles. The van der Waals surface area contributed by atoms with Gasteiger partial charge in [-0.05, 0) is 30.9 Å². The van der Waals surface area contributed by atoms with Crippen LogP contribution < -0.4 is 20.9 Å². The van der Waals surface area contributed by atoms with E-state index in [2.05, 4.69) is 17.0 Å². The Morgan fingerprint density at radius 2 is 1.83 bits per heavy atom. The fraction of sp³-hybridized carbons (Fsp3) is 0.370. The maximum absolute atomic E-state index is 13.7. The summed E-state index contributed by atoms with van der Waals surface area (Å²) in [5, 5.41) is 0. The van der Waals surface area contributed by atoms with Gasteiger partial charge in [0, 0.05) is 38.2 Å². The van der Waals surface area contributed by atoms with Crippen molar-refractivity contribution in [2.45, 2.75) is 38.3 Å². The van der Waals surface area contributed by atoms with Gasteiger partial charge < -0.3 is 15.4 Å². The van der Waals surface area contributed by atoms with Crippen LogP contribution in [0, 0.1) is 0 Å². The number of aromatic nitrogens is 4. The summed E-state index contributed by atoms with van der Waals surface area (Å²) < 4.78 is 9.24. The highest BCUT2D eigenvalue weighted by Crippen LogP contribution is 2.27. The summed E-state index contributed by atoms with van der Waals surface area (Å²) in [7, 11) is 3.46. The summed E-state index contributed by atoms with van der Waals surface area (Å²) >= 11 is 0. The minimum absolute atomic E-state index is 0.0838. The van der Waals surface area contributed by atoms with Crippen LogP contribution in [-0.4, -0.2) is 45.3 Å². The van der Waals surface area contributed by atoms with Crippen LogP contribution in [0.3, 0.4) is 0 Å². The molecule has 4 aromatic rings. The first-order valence-electron chi connectivity index (χ1n) is 12.2. The van der Waals surface area contributed by atoms with Crippen molar-refractivity contribution in [3.8, 4) is 5.75 Å². The van der Waals surface area contributed by atoms with E-state index in [-0.39, 0.29) is 11.6 Å². The van der Waals surface area contributed by atoms with Crippen molar-refractivity contribution in [3.05, 3.63) is 81.9 Å². The SMILES string of the molecule is COc1ccccc1Cn1c(N2CCCC(N)C2)nc2nc(CCc3ccccc3)n(C)c(=O)c21. The molecule has 182 valence electrons. The first-order chi connectivity index (χ1) is 17.0. The Morgan fingerprint density at radius 3 is 2.60 bits per heavy atom. The molecule has 1 aliphatic rings. The lowest BCUT2D eigenvalue weighted by Crippen LogP contribution is -2.44. The van der Waals surface area contributed by atoms with Crippen molar-refractivity contribution in [1.82, 2.24) is 19.1 Å². The zero-order chi connectivity index (χ0) is 24.4. The molecule has 8 heteroatoms. The maximum Gasteiger partial charge on any atom is 0.279 e. The molecule has 35 heavy (non-hydrogen) atoms. The summed E-state index contributed by atoms with van der Waals surface area (Å²) in [6.45, 7) is 2.02. The number of fused-ring (bicyclic) bond motifs is 1. The molecular weight excluding hydrogens is 440 g/mol. The Labute approximate surface area is 205 Å². The van der Waals surface area contributed by atoms with Crippen LogP contribution in [0.2, 0.25) is 0 Å². The van der Waals surface area contributed by atoms with Crippen LogP contribution >= 0.6 is 0 Å². The highest BCUT2D eigenvalue weighted by molar-refractivity contribution is 5.74. The van der Waals surface area contributed by atoms with E-state index >= 15 is 0 Å². The van der Waals surface area contributed by atoms with Gasteiger partial charge in [0.15, 0.2) is 11.2 Å². The molecular formula is C27H32N6O2. The molecule has 2 N–H and O–H groups in total. The van der Waals surface area contributed by atoms with Crippen LogP contribution in [-0.2, 0) is 26.4 Å². The summed E-state index contributed by atoms with van der Waals surface area (Å²) in [5.74, 6) is 2.25. The number of anilines is 1. The Kier molecular flexibility index (Phi) is 6.55. The normalized spacial score (nSPS) is 16.1. The second kappa shape index (κ2) is 9.92. The molecule has 8 nitrogen and oxygen atoms in total. The number of methoxy groups -OCH3 is 1. The molecule has 1 saturated heterocycles. The lowest BCUT2D eigenvalue weighted by molar-refractivity contribution is 0.408.